The summed E-state index contributed by atoms with van der Waals surface area (Å²) >= 11 is 6.32. The molecule has 1 aliphatic heterocycles. The van der Waals surface area contributed by atoms with Crippen LogP contribution < -0.4 is 10.2 Å². The van der Waals surface area contributed by atoms with Crippen molar-refractivity contribution in [3.05, 3.63) is 65.4 Å². The van der Waals surface area contributed by atoms with Crippen LogP contribution in [0.15, 0.2) is 59.5 Å². The van der Waals surface area contributed by atoms with Crippen LogP contribution in [0.2, 0.25) is 5.02 Å². The number of imidazole rings is 1. The number of aryl methyl sites for hydroxylation is 1. The zero-order chi connectivity index (χ0) is 21.8. The van der Waals surface area contributed by atoms with Gasteiger partial charge in [0.25, 0.3) is 10.0 Å². The summed E-state index contributed by atoms with van der Waals surface area (Å²) in [4.78, 5) is 7.19. The van der Waals surface area contributed by atoms with Gasteiger partial charge in [0.15, 0.2) is 0 Å². The van der Waals surface area contributed by atoms with Gasteiger partial charge in [-0.15, -0.1) is 0 Å². The topological polar surface area (TPSA) is 67.2 Å². The summed E-state index contributed by atoms with van der Waals surface area (Å²) in [7, 11) is -3.89. The first-order valence-electron chi connectivity index (χ1n) is 10.3. The number of halogens is 1. The maximum absolute atomic E-state index is 13.9. The second kappa shape index (κ2) is 7.51. The van der Waals surface area contributed by atoms with Crippen molar-refractivity contribution in [1.82, 2.24) is 14.3 Å². The fraction of sp³-hybridized carbons (Fsp3) is 0.261. The van der Waals surface area contributed by atoms with Gasteiger partial charge >= 0.3 is 0 Å². The average Bonchev–Trinajstić information content (AvgIpc) is 3.10. The van der Waals surface area contributed by atoms with Crippen molar-refractivity contribution >= 4 is 49.1 Å². The Morgan fingerprint density at radius 2 is 1.81 bits per heavy atom. The Labute approximate surface area is 186 Å². The predicted octanol–water partition coefficient (Wildman–Crippen LogP) is 4.19. The minimum Gasteiger partial charge on any atom is -0.367 e. The number of hydrogen-bond donors (Lipinski definition) is 1. The third-order valence-electron chi connectivity index (χ3n) is 5.84. The van der Waals surface area contributed by atoms with E-state index < -0.39 is 10.0 Å². The van der Waals surface area contributed by atoms with Gasteiger partial charge in [-0.3, -0.25) is 0 Å². The maximum Gasteiger partial charge on any atom is 0.270 e. The molecule has 0 bridgehead atoms. The third-order valence-corrected chi connectivity index (χ3v) is 8.02. The summed E-state index contributed by atoms with van der Waals surface area (Å²) in [5.41, 5.74) is 2.25. The molecule has 1 saturated heterocycles. The summed E-state index contributed by atoms with van der Waals surface area (Å²) in [6.07, 6.45) is 0. The molecule has 0 aliphatic carbocycles. The Morgan fingerprint density at radius 1 is 1.06 bits per heavy atom. The fourth-order valence-corrected chi connectivity index (χ4v) is 6.39. The first-order chi connectivity index (χ1) is 14.9. The molecule has 1 atom stereocenters. The molecule has 31 heavy (non-hydrogen) atoms. The first kappa shape index (κ1) is 20.3. The lowest BCUT2D eigenvalue weighted by Gasteiger charge is -2.33. The molecule has 1 aromatic heterocycles. The first-order valence-corrected chi connectivity index (χ1v) is 12.1. The van der Waals surface area contributed by atoms with Crippen LogP contribution in [0.1, 0.15) is 12.7 Å². The molecular formula is C23H23ClN4O2S. The monoisotopic (exact) mass is 454 g/mol. The number of anilines is 1. The van der Waals surface area contributed by atoms with Crippen molar-refractivity contribution in [2.45, 2.75) is 24.8 Å². The van der Waals surface area contributed by atoms with Gasteiger partial charge in [0.1, 0.15) is 11.3 Å². The highest BCUT2D eigenvalue weighted by Gasteiger charge is 2.27. The van der Waals surface area contributed by atoms with Crippen molar-refractivity contribution in [3.8, 4) is 0 Å². The van der Waals surface area contributed by atoms with Gasteiger partial charge < -0.3 is 10.2 Å². The summed E-state index contributed by atoms with van der Waals surface area (Å²) in [6, 6.07) is 16.6. The fourth-order valence-electron chi connectivity index (χ4n) is 4.46. The average molecular weight is 455 g/mol. The normalized spacial score (nSPS) is 17.5. The Balaban J connectivity index is 1.72. The van der Waals surface area contributed by atoms with Crippen LogP contribution in [0.3, 0.4) is 0 Å². The van der Waals surface area contributed by atoms with Crippen molar-refractivity contribution in [2.24, 2.45) is 0 Å². The van der Waals surface area contributed by atoms with Crippen LogP contribution in [0.25, 0.3) is 21.8 Å². The van der Waals surface area contributed by atoms with E-state index in [9.17, 15) is 8.42 Å². The van der Waals surface area contributed by atoms with Crippen molar-refractivity contribution in [3.63, 3.8) is 0 Å². The van der Waals surface area contributed by atoms with Gasteiger partial charge in [0.2, 0.25) is 0 Å². The van der Waals surface area contributed by atoms with Gasteiger partial charge in [-0.05, 0) is 38.1 Å². The number of nitrogens with one attached hydrogen (secondary N) is 1. The highest BCUT2D eigenvalue weighted by Crippen LogP contribution is 2.34. The number of aromatic nitrogens is 2. The third kappa shape index (κ3) is 3.28. The second-order valence-electron chi connectivity index (χ2n) is 7.97. The lowest BCUT2D eigenvalue weighted by atomic mass is 10.1. The Bertz CT molecular complexity index is 1410. The molecule has 0 radical (unpaired) electrons. The summed E-state index contributed by atoms with van der Waals surface area (Å²) in [5, 5.41) is 5.28. The number of nitrogens with zero attached hydrogens (tertiary/aromatic N) is 3. The molecule has 3 aromatic carbocycles. The zero-order valence-corrected chi connectivity index (χ0v) is 18.9. The summed E-state index contributed by atoms with van der Waals surface area (Å²) in [5.74, 6) is 0.435. The van der Waals surface area contributed by atoms with Gasteiger partial charge in [0.05, 0.1) is 16.1 Å². The molecular weight excluding hydrogens is 432 g/mol. The number of benzene rings is 3. The standard InChI is InChI=1S/C23H23ClN4O2S/c1-15-14-27(13-12-25-15)20-9-5-10-21-23(20)26-16(2)28(21)31(29,30)22-11-4-6-17-18(22)7-3-8-19(17)24/h3-11,15,25H,12-14H2,1-2H3/t15-/m0/s1. The Morgan fingerprint density at radius 3 is 2.61 bits per heavy atom. The van der Waals surface area contributed by atoms with E-state index in [2.05, 4.69) is 17.1 Å². The SMILES string of the molecule is Cc1nc2c(N3CCN[C@@H](C)C3)cccc2n1S(=O)(=O)c1cccc2c(Cl)cccc12. The van der Waals surface area contributed by atoms with E-state index in [-0.39, 0.29) is 4.90 Å². The van der Waals surface area contributed by atoms with E-state index in [0.29, 0.717) is 38.7 Å². The smallest absolute Gasteiger partial charge is 0.270 e. The van der Waals surface area contributed by atoms with Crippen molar-refractivity contribution in [1.29, 1.82) is 0 Å². The Kier molecular flexibility index (Phi) is 4.92. The predicted molar refractivity (Wildman–Crippen MR) is 126 cm³/mol. The lowest BCUT2D eigenvalue weighted by Crippen LogP contribution is -2.49. The van der Waals surface area contributed by atoms with Crippen LogP contribution in [0.5, 0.6) is 0 Å². The molecule has 0 saturated carbocycles. The number of para-hydroxylation sites is 1. The number of rotatable bonds is 3. The van der Waals surface area contributed by atoms with E-state index in [4.69, 9.17) is 16.6 Å². The number of hydrogen-bond acceptors (Lipinski definition) is 5. The molecule has 5 rings (SSSR count). The van der Waals surface area contributed by atoms with Crippen LogP contribution in [0, 0.1) is 6.92 Å². The van der Waals surface area contributed by atoms with E-state index in [1.54, 1.807) is 37.3 Å². The van der Waals surface area contributed by atoms with Crippen LogP contribution >= 0.6 is 11.6 Å². The molecule has 6 nitrogen and oxygen atoms in total. The molecule has 0 amide bonds. The van der Waals surface area contributed by atoms with Gasteiger partial charge in [0, 0.05) is 41.5 Å². The minimum absolute atomic E-state index is 0.219. The molecule has 1 fully saturated rings. The van der Waals surface area contributed by atoms with E-state index in [1.165, 1.54) is 3.97 Å². The van der Waals surface area contributed by atoms with Crippen molar-refractivity contribution in [2.75, 3.05) is 24.5 Å². The van der Waals surface area contributed by atoms with Crippen LogP contribution in [-0.2, 0) is 10.0 Å². The quantitative estimate of drug-likeness (QED) is 0.503. The molecule has 1 N–H and O–H groups in total. The molecule has 0 spiro atoms. The maximum atomic E-state index is 13.9. The van der Waals surface area contributed by atoms with Gasteiger partial charge in [-0.2, -0.15) is 0 Å². The summed E-state index contributed by atoms with van der Waals surface area (Å²) in [6.45, 7) is 6.46. The molecule has 2 heterocycles. The molecule has 8 heteroatoms. The molecule has 160 valence electrons. The van der Waals surface area contributed by atoms with Crippen molar-refractivity contribution < 1.29 is 8.42 Å². The zero-order valence-electron chi connectivity index (χ0n) is 17.3. The highest BCUT2D eigenvalue weighted by molar-refractivity contribution is 7.90. The Hall–Kier alpha value is -2.61. The van der Waals surface area contributed by atoms with E-state index >= 15 is 0 Å². The number of fused-ring (bicyclic) bond motifs is 2. The second-order valence-corrected chi connectivity index (χ2v) is 10.1. The molecule has 1 aliphatic rings. The molecule has 4 aromatic rings. The van der Waals surface area contributed by atoms with Crippen LogP contribution in [0.4, 0.5) is 5.69 Å². The minimum atomic E-state index is -3.89. The number of piperazine rings is 1. The highest BCUT2D eigenvalue weighted by atomic mass is 35.5. The largest absolute Gasteiger partial charge is 0.367 e. The lowest BCUT2D eigenvalue weighted by molar-refractivity contribution is 0.485. The van der Waals surface area contributed by atoms with Crippen LogP contribution in [-0.4, -0.2) is 43.1 Å². The van der Waals surface area contributed by atoms with E-state index in [1.807, 2.05) is 24.3 Å². The molecule has 0 unspecified atom stereocenters. The van der Waals surface area contributed by atoms with E-state index in [0.717, 1.165) is 25.3 Å². The summed E-state index contributed by atoms with van der Waals surface area (Å²) < 4.78 is 29.1. The van der Waals surface area contributed by atoms with Gasteiger partial charge in [-0.1, -0.05) is 41.9 Å². The van der Waals surface area contributed by atoms with Gasteiger partial charge in [-0.25, -0.2) is 17.4 Å².